The van der Waals surface area contributed by atoms with Crippen molar-refractivity contribution in [3.63, 3.8) is 0 Å². The molecule has 0 aliphatic heterocycles. The topological polar surface area (TPSA) is 58.5 Å². The number of nitrogens with zero attached hydrogens (tertiary/aromatic N) is 2. The van der Waals surface area contributed by atoms with Crippen LogP contribution in [-0.4, -0.2) is 31.1 Å². The number of hydrogen-bond donors (Lipinski definition) is 2. The molecule has 0 saturated carbocycles. The molecular formula is C19H29IN4OS. The van der Waals surface area contributed by atoms with Gasteiger partial charge in [0.05, 0.1) is 12.6 Å². The normalized spacial score (nSPS) is 12.3. The average molecular weight is 488 g/mol. The van der Waals surface area contributed by atoms with Crippen molar-refractivity contribution in [1.29, 1.82) is 0 Å². The molecule has 0 aliphatic carbocycles. The molecule has 1 atom stereocenters. The molecule has 0 bridgehead atoms. The highest BCUT2D eigenvalue weighted by atomic mass is 127. The second-order valence-corrected chi connectivity index (χ2v) is 6.90. The van der Waals surface area contributed by atoms with E-state index in [9.17, 15) is 0 Å². The van der Waals surface area contributed by atoms with Gasteiger partial charge < -0.3 is 15.4 Å². The van der Waals surface area contributed by atoms with Crippen LogP contribution in [0.2, 0.25) is 0 Å². The summed E-state index contributed by atoms with van der Waals surface area (Å²) in [5.74, 6) is 0.796. The molecule has 7 heteroatoms. The van der Waals surface area contributed by atoms with E-state index in [4.69, 9.17) is 4.74 Å². The fraction of sp³-hybridized carbons (Fsp3) is 0.474. The monoisotopic (exact) mass is 488 g/mol. The third-order valence-electron chi connectivity index (χ3n) is 3.83. The third-order valence-corrected chi connectivity index (χ3v) is 4.97. The van der Waals surface area contributed by atoms with Gasteiger partial charge in [-0.15, -0.1) is 35.3 Å². The van der Waals surface area contributed by atoms with Gasteiger partial charge in [-0.1, -0.05) is 37.3 Å². The van der Waals surface area contributed by atoms with Crippen molar-refractivity contribution in [2.75, 3.05) is 20.2 Å². The lowest BCUT2D eigenvalue weighted by molar-refractivity contribution is 0.0646. The molecule has 5 nitrogen and oxygen atoms in total. The predicted molar refractivity (Wildman–Crippen MR) is 121 cm³/mol. The summed E-state index contributed by atoms with van der Waals surface area (Å²) in [5.41, 5.74) is 1.21. The van der Waals surface area contributed by atoms with Gasteiger partial charge in [0.15, 0.2) is 5.96 Å². The van der Waals surface area contributed by atoms with E-state index >= 15 is 0 Å². The molecular weight excluding hydrogens is 459 g/mol. The van der Waals surface area contributed by atoms with E-state index in [2.05, 4.69) is 46.6 Å². The van der Waals surface area contributed by atoms with Crippen molar-refractivity contribution >= 4 is 41.3 Å². The fourth-order valence-corrected chi connectivity index (χ4v) is 3.13. The van der Waals surface area contributed by atoms with Crippen LogP contribution < -0.4 is 10.6 Å². The Morgan fingerprint density at radius 2 is 2.04 bits per heavy atom. The maximum Gasteiger partial charge on any atom is 0.191 e. The second-order valence-electron chi connectivity index (χ2n) is 5.70. The van der Waals surface area contributed by atoms with Crippen LogP contribution in [0.5, 0.6) is 0 Å². The number of guanidine groups is 1. The third kappa shape index (κ3) is 8.01. The van der Waals surface area contributed by atoms with Crippen LogP contribution in [-0.2, 0) is 17.7 Å². The predicted octanol–water partition coefficient (Wildman–Crippen LogP) is 4.16. The summed E-state index contributed by atoms with van der Waals surface area (Å²) in [6.45, 7) is 6.46. The Morgan fingerprint density at radius 1 is 1.27 bits per heavy atom. The minimum Gasteiger partial charge on any atom is -0.374 e. The molecule has 0 fully saturated rings. The van der Waals surface area contributed by atoms with Crippen molar-refractivity contribution < 1.29 is 4.74 Å². The zero-order chi connectivity index (χ0) is 17.9. The van der Waals surface area contributed by atoms with Gasteiger partial charge in [-0.25, -0.2) is 4.98 Å². The van der Waals surface area contributed by atoms with Gasteiger partial charge in [0.25, 0.3) is 0 Å². The van der Waals surface area contributed by atoms with Crippen LogP contribution in [0.15, 0.2) is 41.5 Å². The van der Waals surface area contributed by atoms with Gasteiger partial charge in [-0.2, -0.15) is 0 Å². The molecule has 144 valence electrons. The van der Waals surface area contributed by atoms with E-state index in [1.807, 2.05) is 24.4 Å². The van der Waals surface area contributed by atoms with Crippen molar-refractivity contribution in [3.8, 4) is 0 Å². The first-order chi connectivity index (χ1) is 12.2. The highest BCUT2D eigenvalue weighted by molar-refractivity contribution is 14.0. The first-order valence-corrected chi connectivity index (χ1v) is 9.59. The maximum absolute atomic E-state index is 5.88. The minimum atomic E-state index is 0. The molecule has 1 heterocycles. The molecule has 1 unspecified atom stereocenters. The summed E-state index contributed by atoms with van der Waals surface area (Å²) in [4.78, 5) is 9.95. The number of hydrogen-bond acceptors (Lipinski definition) is 4. The Balaban J connectivity index is 0.00000338. The van der Waals surface area contributed by atoms with E-state index in [-0.39, 0.29) is 30.1 Å². The number of aliphatic imine (C=N–C) groups is 1. The van der Waals surface area contributed by atoms with E-state index < -0.39 is 0 Å². The number of thiazole rings is 1. The minimum absolute atomic E-state index is 0. The number of benzene rings is 1. The van der Waals surface area contributed by atoms with Crippen LogP contribution in [0, 0.1) is 0 Å². The van der Waals surface area contributed by atoms with Gasteiger partial charge in [0.2, 0.25) is 0 Å². The Hall–Kier alpha value is -1.19. The van der Waals surface area contributed by atoms with Gasteiger partial charge >= 0.3 is 0 Å². The van der Waals surface area contributed by atoms with E-state index in [0.29, 0.717) is 13.2 Å². The molecule has 26 heavy (non-hydrogen) atoms. The molecule has 1 aromatic carbocycles. The summed E-state index contributed by atoms with van der Waals surface area (Å²) in [7, 11) is 1.78. The van der Waals surface area contributed by atoms with Crippen LogP contribution in [0.1, 0.15) is 41.8 Å². The standard InChI is InChI=1S/C19H28N4OS.HI/c1-4-17-13-22-18(25-17)14-23-19(20-3)21-11-8-12-24-15(2)16-9-6-5-7-10-16;/h5-7,9-10,13,15H,4,8,11-12,14H2,1-3H3,(H2,20,21,23);1H. The molecule has 2 rings (SSSR count). The Labute approximate surface area is 177 Å². The van der Waals surface area contributed by atoms with Crippen molar-refractivity contribution in [2.45, 2.75) is 39.3 Å². The maximum atomic E-state index is 5.88. The molecule has 0 radical (unpaired) electrons. The van der Waals surface area contributed by atoms with Crippen molar-refractivity contribution in [1.82, 2.24) is 15.6 Å². The van der Waals surface area contributed by atoms with Crippen LogP contribution in [0.25, 0.3) is 0 Å². The Morgan fingerprint density at radius 3 is 2.69 bits per heavy atom. The smallest absolute Gasteiger partial charge is 0.191 e. The summed E-state index contributed by atoms with van der Waals surface area (Å²) in [5, 5.41) is 7.69. The molecule has 0 spiro atoms. The van der Waals surface area contributed by atoms with Crippen LogP contribution >= 0.6 is 35.3 Å². The number of ether oxygens (including phenoxy) is 1. The van der Waals surface area contributed by atoms with Crippen molar-refractivity contribution in [2.24, 2.45) is 4.99 Å². The molecule has 0 aliphatic rings. The van der Waals surface area contributed by atoms with Crippen LogP contribution in [0.4, 0.5) is 0 Å². The number of halogens is 1. The fourth-order valence-electron chi connectivity index (χ4n) is 2.33. The van der Waals surface area contributed by atoms with Gasteiger partial charge in [-0.3, -0.25) is 4.99 Å². The summed E-state index contributed by atoms with van der Waals surface area (Å²) in [6, 6.07) is 10.3. The lowest BCUT2D eigenvalue weighted by atomic mass is 10.1. The van der Waals surface area contributed by atoms with E-state index in [0.717, 1.165) is 30.4 Å². The lowest BCUT2D eigenvalue weighted by Gasteiger charge is -2.14. The van der Waals surface area contributed by atoms with Gasteiger partial charge in [-0.05, 0) is 25.3 Å². The summed E-state index contributed by atoms with van der Waals surface area (Å²) in [6.07, 6.45) is 4.03. The first kappa shape index (κ1) is 22.9. The van der Waals surface area contributed by atoms with Crippen LogP contribution in [0.3, 0.4) is 0 Å². The van der Waals surface area contributed by atoms with E-state index in [1.165, 1.54) is 10.4 Å². The highest BCUT2D eigenvalue weighted by Crippen LogP contribution is 2.15. The molecule has 2 N–H and O–H groups in total. The SMILES string of the molecule is CCc1cnc(CNC(=NC)NCCCOC(C)c2ccccc2)s1.I. The first-order valence-electron chi connectivity index (χ1n) is 8.77. The summed E-state index contributed by atoms with van der Waals surface area (Å²) >= 11 is 1.74. The molecule has 2 aromatic rings. The average Bonchev–Trinajstić information content (AvgIpc) is 3.12. The zero-order valence-corrected chi connectivity index (χ0v) is 18.8. The number of nitrogens with one attached hydrogen (secondary N) is 2. The second kappa shape index (κ2) is 13.1. The Kier molecular flexibility index (Phi) is 11.5. The molecule has 0 saturated heterocycles. The van der Waals surface area contributed by atoms with Gasteiger partial charge in [0, 0.05) is 31.3 Å². The highest BCUT2D eigenvalue weighted by Gasteiger charge is 2.05. The summed E-state index contributed by atoms with van der Waals surface area (Å²) < 4.78 is 5.88. The van der Waals surface area contributed by atoms with Gasteiger partial charge in [0.1, 0.15) is 5.01 Å². The zero-order valence-electron chi connectivity index (χ0n) is 15.7. The number of aryl methyl sites for hydroxylation is 1. The van der Waals surface area contributed by atoms with E-state index in [1.54, 1.807) is 18.4 Å². The van der Waals surface area contributed by atoms with Crippen molar-refractivity contribution in [3.05, 3.63) is 52.0 Å². The molecule has 0 amide bonds. The number of rotatable bonds is 9. The Bertz CT molecular complexity index is 648. The molecule has 1 aromatic heterocycles. The lowest BCUT2D eigenvalue weighted by Crippen LogP contribution is -2.37. The number of aromatic nitrogens is 1. The quantitative estimate of drug-likeness (QED) is 0.241. The largest absolute Gasteiger partial charge is 0.374 e.